The van der Waals surface area contributed by atoms with Gasteiger partial charge in [-0.15, -0.1) is 0 Å². The number of halogens is 2. The number of esters is 1. The molecule has 0 aliphatic carbocycles. The van der Waals surface area contributed by atoms with E-state index in [0.717, 1.165) is 6.07 Å². The highest BCUT2D eigenvalue weighted by Gasteiger charge is 2.30. The second-order valence-corrected chi connectivity index (χ2v) is 4.33. The summed E-state index contributed by atoms with van der Waals surface area (Å²) in [4.78, 5) is 11.5. The van der Waals surface area contributed by atoms with Gasteiger partial charge in [0.25, 0.3) is 0 Å². The zero-order valence-electron chi connectivity index (χ0n) is 10.7. The van der Waals surface area contributed by atoms with E-state index in [1.54, 1.807) is 6.92 Å². The van der Waals surface area contributed by atoms with E-state index in [-0.39, 0.29) is 23.7 Å². The molecule has 0 saturated carbocycles. The van der Waals surface area contributed by atoms with Crippen LogP contribution in [0.5, 0.6) is 11.5 Å². The first-order valence-electron chi connectivity index (χ1n) is 5.42. The molecule has 1 rings (SSSR count). The Morgan fingerprint density at radius 3 is 2.47 bits per heavy atom. The van der Waals surface area contributed by atoms with Gasteiger partial charge in [0.05, 0.1) is 30.9 Å². The van der Waals surface area contributed by atoms with Crippen LogP contribution >= 0.6 is 15.9 Å². The Morgan fingerprint density at radius 2 is 2.00 bits per heavy atom. The van der Waals surface area contributed by atoms with Crippen LogP contribution in [0.15, 0.2) is 10.5 Å². The van der Waals surface area contributed by atoms with Crippen molar-refractivity contribution in [3.63, 3.8) is 0 Å². The second-order valence-electron chi connectivity index (χ2n) is 3.47. The van der Waals surface area contributed by atoms with Crippen molar-refractivity contribution in [2.75, 3.05) is 20.8 Å². The van der Waals surface area contributed by atoms with E-state index in [9.17, 15) is 14.3 Å². The molecule has 0 radical (unpaired) electrons. The molecule has 7 heteroatoms. The van der Waals surface area contributed by atoms with E-state index in [4.69, 9.17) is 9.47 Å². The number of methoxy groups -OCH3 is 2. The van der Waals surface area contributed by atoms with Gasteiger partial charge in [-0.1, -0.05) is 0 Å². The standard InChI is InChI=1S/C12H14BrFO5/c1-4-19-12(16)9(15)8-7(14)5-6(13)10(17-2)11(8)18-3/h5,9,15H,4H2,1-3H3. The molecule has 0 bridgehead atoms. The van der Waals surface area contributed by atoms with Crippen molar-refractivity contribution in [3.8, 4) is 11.5 Å². The van der Waals surface area contributed by atoms with Crippen molar-refractivity contribution >= 4 is 21.9 Å². The third-order valence-corrected chi connectivity index (χ3v) is 2.96. The summed E-state index contributed by atoms with van der Waals surface area (Å²) in [5.41, 5.74) is -0.319. The SMILES string of the molecule is CCOC(=O)C(O)c1c(F)cc(Br)c(OC)c1OC. The van der Waals surface area contributed by atoms with Gasteiger partial charge < -0.3 is 19.3 Å². The number of carbonyl (C=O) groups is 1. The Kier molecular flexibility index (Phi) is 5.56. The van der Waals surface area contributed by atoms with Gasteiger partial charge in [0, 0.05) is 0 Å². The lowest BCUT2D eigenvalue weighted by atomic mass is 10.1. The molecule has 1 N–H and O–H groups in total. The quantitative estimate of drug-likeness (QED) is 0.835. The number of rotatable bonds is 5. The maximum atomic E-state index is 13.9. The van der Waals surface area contributed by atoms with Crippen LogP contribution in [-0.4, -0.2) is 31.9 Å². The van der Waals surface area contributed by atoms with Gasteiger partial charge in [-0.2, -0.15) is 0 Å². The normalized spacial score (nSPS) is 11.9. The topological polar surface area (TPSA) is 65.0 Å². The zero-order chi connectivity index (χ0) is 14.6. The van der Waals surface area contributed by atoms with Gasteiger partial charge in [0.1, 0.15) is 5.82 Å². The number of ether oxygens (including phenoxy) is 3. The molecule has 0 aliphatic rings. The van der Waals surface area contributed by atoms with Crippen LogP contribution in [-0.2, 0) is 9.53 Å². The van der Waals surface area contributed by atoms with E-state index in [2.05, 4.69) is 20.7 Å². The van der Waals surface area contributed by atoms with Gasteiger partial charge in [-0.25, -0.2) is 9.18 Å². The molecule has 1 aromatic rings. The lowest BCUT2D eigenvalue weighted by molar-refractivity contribution is -0.153. The maximum Gasteiger partial charge on any atom is 0.339 e. The summed E-state index contributed by atoms with van der Waals surface area (Å²) in [7, 11) is 2.64. The molecule has 5 nitrogen and oxygen atoms in total. The van der Waals surface area contributed by atoms with Crippen LogP contribution in [0.2, 0.25) is 0 Å². The molecule has 0 amide bonds. The van der Waals surface area contributed by atoms with Crippen LogP contribution < -0.4 is 9.47 Å². The van der Waals surface area contributed by atoms with Gasteiger partial charge in [-0.05, 0) is 28.9 Å². The van der Waals surface area contributed by atoms with Crippen LogP contribution in [0.1, 0.15) is 18.6 Å². The fourth-order valence-electron chi connectivity index (χ4n) is 1.58. The highest BCUT2D eigenvalue weighted by molar-refractivity contribution is 9.10. The number of hydrogen-bond acceptors (Lipinski definition) is 5. The number of aliphatic hydroxyl groups excluding tert-OH is 1. The Hall–Kier alpha value is -1.34. The van der Waals surface area contributed by atoms with Crippen LogP contribution in [0, 0.1) is 5.82 Å². The van der Waals surface area contributed by atoms with E-state index in [1.807, 2.05) is 0 Å². The van der Waals surface area contributed by atoms with Crippen molar-refractivity contribution < 1.29 is 28.5 Å². The van der Waals surface area contributed by atoms with E-state index in [0.29, 0.717) is 4.47 Å². The summed E-state index contributed by atoms with van der Waals surface area (Å²) < 4.78 is 29.0. The summed E-state index contributed by atoms with van der Waals surface area (Å²) in [6.45, 7) is 1.66. The molecule has 0 spiro atoms. The fraction of sp³-hybridized carbons (Fsp3) is 0.417. The van der Waals surface area contributed by atoms with Gasteiger partial charge in [-0.3, -0.25) is 0 Å². The van der Waals surface area contributed by atoms with Crippen LogP contribution in [0.25, 0.3) is 0 Å². The molecule has 106 valence electrons. The molecule has 1 unspecified atom stereocenters. The number of hydrogen-bond donors (Lipinski definition) is 1. The van der Waals surface area contributed by atoms with E-state index >= 15 is 0 Å². The monoisotopic (exact) mass is 336 g/mol. The minimum Gasteiger partial charge on any atom is -0.492 e. The van der Waals surface area contributed by atoms with E-state index < -0.39 is 17.9 Å². The Labute approximate surface area is 118 Å². The molecule has 0 aliphatic heterocycles. The van der Waals surface area contributed by atoms with Crippen molar-refractivity contribution in [2.45, 2.75) is 13.0 Å². The van der Waals surface area contributed by atoms with Gasteiger partial charge in [0.2, 0.25) is 0 Å². The highest BCUT2D eigenvalue weighted by Crippen LogP contribution is 2.42. The summed E-state index contributed by atoms with van der Waals surface area (Å²) in [6, 6.07) is 1.08. The van der Waals surface area contributed by atoms with Crippen molar-refractivity contribution in [3.05, 3.63) is 21.9 Å². The fourth-order valence-corrected chi connectivity index (χ4v) is 2.12. The smallest absolute Gasteiger partial charge is 0.339 e. The summed E-state index contributed by atoms with van der Waals surface area (Å²) in [6.07, 6.45) is -1.78. The van der Waals surface area contributed by atoms with Crippen LogP contribution in [0.3, 0.4) is 0 Å². The maximum absolute atomic E-state index is 13.9. The Balaban J connectivity index is 3.37. The first-order chi connectivity index (χ1) is 8.97. The molecule has 0 fully saturated rings. The summed E-state index contributed by atoms with van der Waals surface area (Å²) >= 11 is 3.11. The Bertz CT molecular complexity index is 478. The van der Waals surface area contributed by atoms with Crippen molar-refractivity contribution in [1.29, 1.82) is 0 Å². The molecule has 0 aromatic heterocycles. The molecule has 0 heterocycles. The minimum absolute atomic E-state index is 0.0603. The Morgan fingerprint density at radius 1 is 1.42 bits per heavy atom. The average molecular weight is 337 g/mol. The third kappa shape index (κ3) is 3.16. The third-order valence-electron chi connectivity index (χ3n) is 2.37. The number of carbonyl (C=O) groups excluding carboxylic acids is 1. The van der Waals surface area contributed by atoms with Gasteiger partial charge in [0.15, 0.2) is 17.6 Å². The predicted molar refractivity (Wildman–Crippen MR) is 68.8 cm³/mol. The van der Waals surface area contributed by atoms with Crippen LogP contribution in [0.4, 0.5) is 4.39 Å². The molecule has 1 aromatic carbocycles. The lowest BCUT2D eigenvalue weighted by Crippen LogP contribution is -2.18. The van der Waals surface area contributed by atoms with Crippen molar-refractivity contribution in [1.82, 2.24) is 0 Å². The van der Waals surface area contributed by atoms with Gasteiger partial charge >= 0.3 is 5.97 Å². The first-order valence-corrected chi connectivity index (χ1v) is 6.21. The second kappa shape index (κ2) is 6.72. The van der Waals surface area contributed by atoms with E-state index in [1.165, 1.54) is 14.2 Å². The molecule has 1 atom stereocenters. The largest absolute Gasteiger partial charge is 0.492 e. The number of benzene rings is 1. The number of aliphatic hydroxyl groups is 1. The summed E-state index contributed by atoms with van der Waals surface area (Å²) in [5.74, 6) is -1.63. The lowest BCUT2D eigenvalue weighted by Gasteiger charge is -2.18. The molecular weight excluding hydrogens is 323 g/mol. The molecular formula is C12H14BrFO5. The zero-order valence-corrected chi connectivity index (χ0v) is 12.3. The molecule has 0 saturated heterocycles. The molecule has 19 heavy (non-hydrogen) atoms. The highest BCUT2D eigenvalue weighted by atomic mass is 79.9. The van der Waals surface area contributed by atoms with Crippen molar-refractivity contribution in [2.24, 2.45) is 0 Å². The predicted octanol–water partition coefficient (Wildman–Crippen LogP) is 2.20. The minimum atomic E-state index is -1.78. The summed E-state index contributed by atoms with van der Waals surface area (Å²) in [5, 5.41) is 9.86. The first kappa shape index (κ1) is 15.7. The average Bonchev–Trinajstić information content (AvgIpc) is 2.37.